The number of esters is 1. The minimum atomic E-state index is -0.431. The van der Waals surface area contributed by atoms with Crippen LogP contribution in [0.3, 0.4) is 0 Å². The molecule has 0 spiro atoms. The molecule has 1 aromatic carbocycles. The number of carbonyl (C=O) groups is 3. The van der Waals surface area contributed by atoms with Gasteiger partial charge in [0.1, 0.15) is 0 Å². The Kier molecular flexibility index (Phi) is 6.42. The summed E-state index contributed by atoms with van der Waals surface area (Å²) in [6, 6.07) is 6.79. The van der Waals surface area contributed by atoms with Crippen molar-refractivity contribution in [2.75, 3.05) is 21.2 Å². The Labute approximate surface area is 128 Å². The van der Waals surface area contributed by atoms with Gasteiger partial charge in [0.25, 0.3) is 5.24 Å². The number of hydrogen-bond donors (Lipinski definition) is 0. The van der Waals surface area contributed by atoms with Crippen LogP contribution in [-0.2, 0) is 9.53 Å². The van der Waals surface area contributed by atoms with E-state index in [1.807, 2.05) is 0 Å². The van der Waals surface area contributed by atoms with Gasteiger partial charge >= 0.3 is 5.97 Å². The molecule has 1 amide bonds. The fourth-order valence-corrected chi connectivity index (χ4v) is 2.25. The van der Waals surface area contributed by atoms with Gasteiger partial charge in [-0.3, -0.25) is 14.4 Å². The molecule has 1 rings (SSSR count). The highest BCUT2D eigenvalue weighted by Gasteiger charge is 2.19. The number of benzene rings is 1. The number of carbonyl (C=O) groups excluding carboxylic acids is 3. The summed E-state index contributed by atoms with van der Waals surface area (Å²) in [5.74, 6) is -0.949. The van der Waals surface area contributed by atoms with Crippen LogP contribution in [0.2, 0.25) is 0 Å². The molecular weight excluding hydrogens is 290 g/mol. The third kappa shape index (κ3) is 5.23. The second kappa shape index (κ2) is 7.83. The third-order valence-corrected chi connectivity index (χ3v) is 3.90. The predicted molar refractivity (Wildman–Crippen MR) is 81.5 cm³/mol. The number of methoxy groups -OCH3 is 1. The molecule has 0 aliphatic heterocycles. The zero-order valence-electron chi connectivity index (χ0n) is 12.6. The second-order valence-electron chi connectivity index (χ2n) is 4.83. The van der Waals surface area contributed by atoms with Crippen molar-refractivity contribution in [3.63, 3.8) is 0 Å². The molecular formula is C15H19NO4S. The Morgan fingerprint density at radius 2 is 1.76 bits per heavy atom. The summed E-state index contributed by atoms with van der Waals surface area (Å²) < 4.78 is 4.56. The minimum absolute atomic E-state index is 0.0605. The summed E-state index contributed by atoms with van der Waals surface area (Å²) in [5, 5.41) is -0.0758. The lowest BCUT2D eigenvalue weighted by atomic mass is 9.96. The predicted octanol–water partition coefficient (Wildman–Crippen LogP) is 2.84. The molecule has 0 saturated carbocycles. The number of rotatable bonds is 5. The van der Waals surface area contributed by atoms with E-state index in [4.69, 9.17) is 0 Å². The molecule has 5 nitrogen and oxygen atoms in total. The maximum Gasteiger partial charge on any atom is 0.306 e. The minimum Gasteiger partial charge on any atom is -0.469 e. The van der Waals surface area contributed by atoms with Crippen LogP contribution in [0.1, 0.15) is 23.7 Å². The first-order valence-electron chi connectivity index (χ1n) is 6.45. The fraction of sp³-hybridized carbons (Fsp3) is 0.400. The summed E-state index contributed by atoms with van der Waals surface area (Å²) in [6.45, 7) is 1.69. The lowest BCUT2D eigenvalue weighted by Gasteiger charge is -2.11. The van der Waals surface area contributed by atoms with Crippen LogP contribution in [0.4, 0.5) is 4.79 Å². The maximum absolute atomic E-state index is 12.1. The Hall–Kier alpha value is -1.82. The molecule has 0 saturated heterocycles. The molecule has 0 fully saturated rings. The molecule has 1 atom stereocenters. The highest BCUT2D eigenvalue weighted by molar-refractivity contribution is 8.13. The van der Waals surface area contributed by atoms with Gasteiger partial charge in [-0.05, 0) is 23.9 Å². The summed E-state index contributed by atoms with van der Waals surface area (Å²) in [5.41, 5.74) is 0.521. The molecule has 0 N–H and O–H groups in total. The first-order chi connectivity index (χ1) is 9.85. The summed E-state index contributed by atoms with van der Waals surface area (Å²) in [7, 11) is 4.66. The molecule has 0 bridgehead atoms. The molecule has 21 heavy (non-hydrogen) atoms. The van der Waals surface area contributed by atoms with E-state index in [1.54, 1.807) is 45.3 Å². The third-order valence-electron chi connectivity index (χ3n) is 2.86. The number of thioether (sulfide) groups is 1. The fourth-order valence-electron chi connectivity index (χ4n) is 1.59. The smallest absolute Gasteiger partial charge is 0.306 e. The molecule has 0 heterocycles. The van der Waals surface area contributed by atoms with E-state index in [-0.39, 0.29) is 17.4 Å². The van der Waals surface area contributed by atoms with Crippen molar-refractivity contribution in [2.45, 2.75) is 18.2 Å². The van der Waals surface area contributed by atoms with Crippen molar-refractivity contribution in [2.24, 2.45) is 5.92 Å². The van der Waals surface area contributed by atoms with Crippen LogP contribution < -0.4 is 0 Å². The average molecular weight is 309 g/mol. The standard InChI is InChI=1S/C15H19NO4S/c1-10(9-13(17)20-4)14(18)11-5-7-12(8-6-11)21-15(19)16(2)3/h5-8,10H,9H2,1-4H3. The van der Waals surface area contributed by atoms with Crippen LogP contribution in [0.15, 0.2) is 29.2 Å². The van der Waals surface area contributed by atoms with Crippen LogP contribution in [0, 0.1) is 5.92 Å². The van der Waals surface area contributed by atoms with Crippen LogP contribution in [0.5, 0.6) is 0 Å². The number of Topliss-reactive ketones (excluding diaryl/α,β-unsaturated/α-hetero) is 1. The second-order valence-corrected chi connectivity index (χ2v) is 5.86. The summed E-state index contributed by atoms with van der Waals surface area (Å²) in [4.78, 5) is 37.1. The maximum atomic E-state index is 12.1. The Morgan fingerprint density at radius 3 is 2.24 bits per heavy atom. The van der Waals surface area contributed by atoms with E-state index < -0.39 is 11.9 Å². The summed E-state index contributed by atoms with van der Waals surface area (Å²) in [6.07, 6.45) is 0.0605. The highest BCUT2D eigenvalue weighted by atomic mass is 32.2. The van der Waals surface area contributed by atoms with Gasteiger partial charge in [-0.1, -0.05) is 19.1 Å². The van der Waals surface area contributed by atoms with Gasteiger partial charge in [0.05, 0.1) is 13.5 Å². The van der Waals surface area contributed by atoms with Crippen molar-refractivity contribution in [3.8, 4) is 0 Å². The SMILES string of the molecule is COC(=O)CC(C)C(=O)c1ccc(SC(=O)N(C)C)cc1. The first kappa shape index (κ1) is 17.2. The first-order valence-corrected chi connectivity index (χ1v) is 7.27. The molecule has 114 valence electrons. The number of amides is 1. The van der Waals surface area contributed by atoms with Crippen LogP contribution in [-0.4, -0.2) is 43.1 Å². The van der Waals surface area contributed by atoms with E-state index in [1.165, 1.54) is 12.0 Å². The van der Waals surface area contributed by atoms with E-state index >= 15 is 0 Å². The lowest BCUT2D eigenvalue weighted by Crippen LogP contribution is -2.17. The van der Waals surface area contributed by atoms with E-state index in [0.717, 1.165) is 16.7 Å². The molecule has 6 heteroatoms. The number of hydrogen-bond acceptors (Lipinski definition) is 5. The van der Waals surface area contributed by atoms with Crippen molar-refractivity contribution in [1.82, 2.24) is 4.90 Å². The van der Waals surface area contributed by atoms with Gasteiger partial charge in [0, 0.05) is 30.5 Å². The number of ether oxygens (including phenoxy) is 1. The average Bonchev–Trinajstić information content (AvgIpc) is 2.46. The van der Waals surface area contributed by atoms with Gasteiger partial charge < -0.3 is 9.64 Å². The van der Waals surface area contributed by atoms with E-state index in [0.29, 0.717) is 5.56 Å². The normalized spacial score (nSPS) is 11.6. The number of nitrogens with zero attached hydrogens (tertiary/aromatic N) is 1. The monoisotopic (exact) mass is 309 g/mol. The summed E-state index contributed by atoms with van der Waals surface area (Å²) >= 11 is 1.10. The molecule has 0 aliphatic carbocycles. The Bertz CT molecular complexity index is 525. The number of ketones is 1. The molecule has 1 aromatic rings. The van der Waals surface area contributed by atoms with E-state index in [9.17, 15) is 14.4 Å². The van der Waals surface area contributed by atoms with E-state index in [2.05, 4.69) is 4.74 Å². The highest BCUT2D eigenvalue weighted by Crippen LogP contribution is 2.22. The Morgan fingerprint density at radius 1 is 1.19 bits per heavy atom. The molecule has 0 radical (unpaired) electrons. The largest absolute Gasteiger partial charge is 0.469 e. The van der Waals surface area contributed by atoms with Crippen molar-refractivity contribution >= 4 is 28.8 Å². The van der Waals surface area contributed by atoms with Crippen molar-refractivity contribution < 1.29 is 19.1 Å². The van der Waals surface area contributed by atoms with Gasteiger partial charge in [-0.15, -0.1) is 0 Å². The molecule has 1 unspecified atom stereocenters. The van der Waals surface area contributed by atoms with Gasteiger partial charge in [0.15, 0.2) is 5.78 Å². The lowest BCUT2D eigenvalue weighted by molar-refractivity contribution is -0.141. The molecule has 0 aliphatic rings. The van der Waals surface area contributed by atoms with Crippen molar-refractivity contribution in [1.29, 1.82) is 0 Å². The van der Waals surface area contributed by atoms with Gasteiger partial charge in [0.2, 0.25) is 0 Å². The van der Waals surface area contributed by atoms with Crippen molar-refractivity contribution in [3.05, 3.63) is 29.8 Å². The zero-order valence-corrected chi connectivity index (χ0v) is 13.4. The molecule has 0 aromatic heterocycles. The zero-order chi connectivity index (χ0) is 16.0. The van der Waals surface area contributed by atoms with Crippen LogP contribution >= 0.6 is 11.8 Å². The van der Waals surface area contributed by atoms with Crippen LogP contribution in [0.25, 0.3) is 0 Å². The topological polar surface area (TPSA) is 63.7 Å². The van der Waals surface area contributed by atoms with Gasteiger partial charge in [-0.25, -0.2) is 0 Å². The quantitative estimate of drug-likeness (QED) is 0.475. The Balaban J connectivity index is 2.71. The van der Waals surface area contributed by atoms with Gasteiger partial charge in [-0.2, -0.15) is 0 Å².